The molecule has 0 saturated carbocycles. The molecular formula is C76H91F2N15O16S2. The van der Waals surface area contributed by atoms with Crippen LogP contribution in [0.15, 0.2) is 43.0 Å². The van der Waals surface area contributed by atoms with E-state index < -0.39 is 236 Å². The minimum atomic E-state index is -2.23. The van der Waals surface area contributed by atoms with Gasteiger partial charge in [-0.05, 0) is 111 Å². The van der Waals surface area contributed by atoms with Crippen molar-refractivity contribution in [2.75, 3.05) is 37.7 Å². The van der Waals surface area contributed by atoms with Crippen molar-refractivity contribution in [1.82, 2.24) is 51.4 Å². The molecule has 3 aromatic heterocycles. The fourth-order valence-corrected chi connectivity index (χ4v) is 17.3. The Kier molecular flexibility index (Phi) is 28.1. The number of carbonyl (C=O) groups is 14. The van der Waals surface area contributed by atoms with Crippen LogP contribution in [0.5, 0.6) is 0 Å². The van der Waals surface area contributed by atoms with E-state index in [1.54, 1.807) is 6.08 Å². The van der Waals surface area contributed by atoms with Crippen molar-refractivity contribution >= 4 is 149 Å². The first-order valence-electron chi connectivity index (χ1n) is 36.3. The highest BCUT2D eigenvalue weighted by molar-refractivity contribution is 8.76. The zero-order valence-corrected chi connectivity index (χ0v) is 63.5. The number of aromatic nitrogens is 4. The third-order valence-electron chi connectivity index (χ3n) is 20.8. The fourth-order valence-electron chi connectivity index (χ4n) is 14.9. The quantitative estimate of drug-likeness (QED) is 0.0187. The lowest BCUT2D eigenvalue weighted by molar-refractivity contribution is -0.143. The van der Waals surface area contributed by atoms with Crippen LogP contribution in [0.4, 0.5) is 8.78 Å². The molecule has 18 N–H and O–H groups in total. The first-order valence-corrected chi connectivity index (χ1v) is 38.8. The molecule has 1 aliphatic carbocycles. The number of aliphatic carboxylic acids is 1. The molecule has 4 aromatic rings. The largest absolute Gasteiger partial charge is 0.481 e. The van der Waals surface area contributed by atoms with Crippen molar-refractivity contribution in [2.24, 2.45) is 46.6 Å². The Bertz CT molecular complexity index is 4690. The number of halogens is 2. The average molecular weight is 1570 g/mol. The number of Topliss-reactive ketones (excluding diaryl/α,β-unsaturated/α-hetero) is 6. The summed E-state index contributed by atoms with van der Waals surface area (Å²) < 4.78 is 28.8. The van der Waals surface area contributed by atoms with Crippen molar-refractivity contribution in [3.63, 3.8) is 0 Å². The molecule has 31 nitrogen and oxygen atoms in total. The predicted molar refractivity (Wildman–Crippen MR) is 408 cm³/mol. The summed E-state index contributed by atoms with van der Waals surface area (Å²) in [5.41, 5.74) is 34.1. The number of rotatable bonds is 21. The number of aliphatic hydroxyl groups excluding tert-OH is 1. The van der Waals surface area contributed by atoms with E-state index in [9.17, 15) is 76.5 Å². The molecule has 7 amide bonds. The summed E-state index contributed by atoms with van der Waals surface area (Å²) >= 11 is 0. The maximum atomic E-state index is 15.2. The highest BCUT2D eigenvalue weighted by atomic mass is 33.1. The second-order valence-corrected chi connectivity index (χ2v) is 31.2. The Morgan fingerprint density at radius 2 is 1.50 bits per heavy atom. The number of benzene rings is 1. The number of nitrogens with zero attached hydrogens (tertiary/aromatic N) is 3. The number of aliphatic hydroxyl groups is 1. The molecule has 0 spiro atoms. The number of H-pyrrole nitrogens is 2. The SMILES string of the molecule is C=Cc1c(C)c2cc3nc(c4c5[nH]c(cc6nc(cc1[nH]2)C(C)=C6CC)c(C)c5C(=O)C4)C(CCC(=O)C(C(N)=O)C(=O)[C@H](CCCNC(=N)N)NC(=O)[C@H]1CSSC[C@@H](N)C(=O)C[C@H](CC(=O)O)C(=O)NCC(=O)C[C@@H](Cc2cc(F)cc(F)c2)C(=O)NCC(=O)N2CC(O)CC2C(=O)N[C@@H](CC(N)=O)C(=O)C1)C3C. The predicted octanol–water partition coefficient (Wildman–Crippen LogP) is 3.31. The topological polar surface area (TPSA) is 528 Å². The lowest BCUT2D eigenvalue weighted by Crippen LogP contribution is -2.54. The van der Waals surface area contributed by atoms with Gasteiger partial charge in [0.1, 0.15) is 17.7 Å². The zero-order valence-electron chi connectivity index (χ0n) is 61.9. The molecule has 5 aliphatic rings. The van der Waals surface area contributed by atoms with E-state index in [4.69, 9.17) is 38.3 Å². The van der Waals surface area contributed by atoms with Crippen LogP contribution in [-0.4, -0.2) is 191 Å². The van der Waals surface area contributed by atoms with Crippen molar-refractivity contribution in [2.45, 2.75) is 160 Å². The van der Waals surface area contributed by atoms with E-state index in [-0.39, 0.29) is 49.3 Å². The van der Waals surface area contributed by atoms with Gasteiger partial charge in [0.05, 0.1) is 84.6 Å². The van der Waals surface area contributed by atoms with Gasteiger partial charge in [-0.2, -0.15) is 0 Å². The first kappa shape index (κ1) is 84.4. The Morgan fingerprint density at radius 3 is 2.16 bits per heavy atom. The number of aryl methyl sites for hydroxylation is 2. The summed E-state index contributed by atoms with van der Waals surface area (Å²) in [4.78, 5) is 214. The Morgan fingerprint density at radius 1 is 0.820 bits per heavy atom. The number of carbonyl (C=O) groups excluding carboxylic acids is 13. The van der Waals surface area contributed by atoms with Gasteiger partial charge in [0.15, 0.2) is 46.6 Å². The van der Waals surface area contributed by atoms with E-state index in [0.29, 0.717) is 57.1 Å². The third-order valence-corrected chi connectivity index (χ3v) is 23.3. The monoisotopic (exact) mass is 1570 g/mol. The van der Waals surface area contributed by atoms with Gasteiger partial charge in [-0.1, -0.05) is 48.1 Å². The number of carboxylic acids is 1. The number of hydrogen-bond donors (Lipinski definition) is 14. The number of hydrogen-bond acceptors (Lipinski definition) is 21. The molecule has 2 fully saturated rings. The molecule has 592 valence electrons. The van der Waals surface area contributed by atoms with Crippen LogP contribution in [0.1, 0.15) is 164 Å². The van der Waals surface area contributed by atoms with Crippen LogP contribution in [-0.2, 0) is 75.2 Å². The van der Waals surface area contributed by atoms with Crippen molar-refractivity contribution in [1.29, 1.82) is 5.41 Å². The first-order chi connectivity index (χ1) is 52.5. The van der Waals surface area contributed by atoms with Crippen LogP contribution in [0.2, 0.25) is 0 Å². The number of primary amides is 2. The molecule has 7 heterocycles. The molecule has 0 radical (unpaired) electrons. The smallest absolute Gasteiger partial charge is 0.304 e. The van der Waals surface area contributed by atoms with Gasteiger partial charge in [-0.25, -0.2) is 13.8 Å². The number of aromatic amines is 2. The molecule has 1 aromatic carbocycles. The summed E-state index contributed by atoms with van der Waals surface area (Å²) in [6.45, 7) is 11.5. The molecule has 8 bridgehead atoms. The second kappa shape index (κ2) is 36.9. The Labute approximate surface area is 643 Å². The Balaban J connectivity index is 1.01. The average Bonchev–Trinajstić information content (AvgIpc) is 1.58. The fraction of sp³-hybridized carbons (Fsp3) is 0.461. The number of amides is 7. The van der Waals surface area contributed by atoms with Gasteiger partial charge < -0.3 is 74.6 Å². The minimum Gasteiger partial charge on any atom is -0.481 e. The summed E-state index contributed by atoms with van der Waals surface area (Å²) in [6, 6.07) is 1.43. The lowest BCUT2D eigenvalue weighted by Gasteiger charge is -2.27. The molecule has 4 aliphatic heterocycles. The number of guanidine groups is 1. The van der Waals surface area contributed by atoms with Gasteiger partial charge in [-0.3, -0.25) is 77.5 Å². The zero-order chi connectivity index (χ0) is 81.1. The molecule has 35 heteroatoms. The van der Waals surface area contributed by atoms with E-state index in [0.717, 1.165) is 77.8 Å². The minimum absolute atomic E-state index is 0.0412. The maximum Gasteiger partial charge on any atom is 0.304 e. The molecular weight excluding hydrogens is 1480 g/mol. The van der Waals surface area contributed by atoms with E-state index >= 15 is 9.59 Å². The van der Waals surface area contributed by atoms with Gasteiger partial charge in [0.2, 0.25) is 41.4 Å². The summed E-state index contributed by atoms with van der Waals surface area (Å²) in [5.74, 6) is -25.7. The third kappa shape index (κ3) is 20.5. The van der Waals surface area contributed by atoms with Crippen LogP contribution in [0.3, 0.4) is 0 Å². The maximum absolute atomic E-state index is 15.2. The van der Waals surface area contributed by atoms with E-state index in [1.807, 2.05) is 52.8 Å². The summed E-state index contributed by atoms with van der Waals surface area (Å²) in [7, 11) is 1.71. The molecule has 5 unspecified atom stereocenters. The summed E-state index contributed by atoms with van der Waals surface area (Å²) in [5, 5.41) is 40.6. The number of fused-ring (bicyclic) bond motifs is 9. The van der Waals surface area contributed by atoms with Gasteiger partial charge >= 0.3 is 5.97 Å². The van der Waals surface area contributed by atoms with Gasteiger partial charge in [0.25, 0.3) is 0 Å². The summed E-state index contributed by atoms with van der Waals surface area (Å²) in [6.07, 6.45) is -5.15. The lowest BCUT2D eigenvalue weighted by atomic mass is 9.82. The standard InChI is InChI=1S/C76H91F2N15O16S2/c1-7-45-33(3)51-24-53-35(5)47(68(89-53)48-23-62(99)66-36(6)54(90-69(48)66)26-56-46(8-2)34(4)52(88-56)25-55(45)87-51)11-12-59(96)67(71(81)105)70(104)50(10-9-13-84-76(82)83)91-74(108)40-19-61(98)57(27-63(80)100)92-75(109)58-22-44(95)30-93(58)64(101)29-86-72(106)38(14-37-15-41(77)21-42(78)16-37)17-43(94)28-85-73(107)39(20-65(102)103)18-60(97)49(79)32-111-110-31-40/h7,15-16,21,24-26,35,38-40,44,47,49-50,57-58,67,87,90,95H,1,8-14,17-20,22-23,27-32,79H2,2-6H3,(H2,80,100)(H2,81,105)(H,85,107)(H,86,106)(H,91,108)(H,92,109)(H,102,103)(H4,82,83,84)/t35?,38-,39-,40-,44?,47?,49-,50+,57+,58?,67?/m1/s1. The van der Waals surface area contributed by atoms with Crippen LogP contribution in [0, 0.1) is 54.6 Å². The Hall–Kier alpha value is -10.6. The van der Waals surface area contributed by atoms with Crippen LogP contribution in [0.25, 0.3) is 39.3 Å². The molecule has 111 heavy (non-hydrogen) atoms. The number of carboxylic acid groups (broad SMARTS) is 1. The number of allylic oxidation sites excluding steroid dienone is 2. The van der Waals surface area contributed by atoms with Crippen LogP contribution < -0.4 is 49.5 Å². The van der Waals surface area contributed by atoms with Gasteiger partial charge in [-0.15, -0.1) is 0 Å². The number of nitrogens with one attached hydrogen (secondary N) is 8. The van der Waals surface area contributed by atoms with Crippen molar-refractivity contribution < 1.29 is 86.1 Å². The normalized spacial score (nSPS) is 22.6. The van der Waals surface area contributed by atoms with Crippen molar-refractivity contribution in [3.05, 3.63) is 111 Å². The molecule has 11 atom stereocenters. The van der Waals surface area contributed by atoms with Gasteiger partial charge in [0, 0.05) is 126 Å². The van der Waals surface area contributed by atoms with Crippen LogP contribution >= 0.6 is 21.6 Å². The molecule has 2 saturated heterocycles. The van der Waals surface area contributed by atoms with E-state index in [1.165, 1.54) is 0 Å². The van der Waals surface area contributed by atoms with Crippen molar-refractivity contribution in [3.8, 4) is 0 Å². The van der Waals surface area contributed by atoms with E-state index in [2.05, 4.69) is 43.1 Å². The second-order valence-electron chi connectivity index (χ2n) is 28.6. The molecule has 9 rings (SSSR count). The number of nitrogens with two attached hydrogens (primary N) is 4. The highest BCUT2D eigenvalue weighted by Crippen LogP contribution is 2.45. The highest BCUT2D eigenvalue weighted by Gasteiger charge is 2.44. The number of ketones is 6.